The van der Waals surface area contributed by atoms with E-state index in [0.717, 1.165) is 17.8 Å². The molecule has 5 rings (SSSR count). The van der Waals surface area contributed by atoms with Gasteiger partial charge < -0.3 is 19.7 Å². The molecule has 0 unspecified atom stereocenters. The van der Waals surface area contributed by atoms with Gasteiger partial charge in [0.05, 0.1) is 5.56 Å². The first-order valence-corrected chi connectivity index (χ1v) is 8.66. The van der Waals surface area contributed by atoms with Crippen LogP contribution in [0.1, 0.15) is 15.9 Å². The lowest BCUT2D eigenvalue weighted by Gasteiger charge is -2.17. The lowest BCUT2D eigenvalue weighted by atomic mass is 10.2. The number of hydrogen-bond donors (Lipinski definition) is 1. The predicted octanol–water partition coefficient (Wildman–Crippen LogP) is 3.15. The van der Waals surface area contributed by atoms with E-state index in [1.807, 2.05) is 36.4 Å². The van der Waals surface area contributed by atoms with Gasteiger partial charge in [0.25, 0.3) is 5.91 Å². The number of aromatic nitrogens is 2. The number of amides is 1. The second kappa shape index (κ2) is 6.28. The highest BCUT2D eigenvalue weighted by Gasteiger charge is 2.25. The van der Waals surface area contributed by atoms with E-state index < -0.39 is 0 Å². The molecule has 0 bridgehead atoms. The summed E-state index contributed by atoms with van der Waals surface area (Å²) in [7, 11) is 0. The van der Waals surface area contributed by atoms with Gasteiger partial charge in [-0.15, -0.1) is 0 Å². The molecule has 0 saturated carbocycles. The number of rotatable bonds is 3. The Bertz CT molecular complexity index is 1020. The van der Waals surface area contributed by atoms with Gasteiger partial charge in [-0.2, -0.15) is 0 Å². The molecule has 3 aromatic rings. The Morgan fingerprint density at radius 1 is 1.04 bits per heavy atom. The Kier molecular flexibility index (Phi) is 3.64. The molecule has 27 heavy (non-hydrogen) atoms. The number of ether oxygens (including phenoxy) is 2. The number of anilines is 3. The summed E-state index contributed by atoms with van der Waals surface area (Å²) < 4.78 is 10.7. The first-order valence-electron chi connectivity index (χ1n) is 8.66. The van der Waals surface area contributed by atoms with Crippen molar-refractivity contribution in [2.75, 3.05) is 23.6 Å². The molecule has 3 heterocycles. The highest BCUT2D eigenvalue weighted by Crippen LogP contribution is 2.34. The van der Waals surface area contributed by atoms with E-state index in [2.05, 4.69) is 21.4 Å². The van der Waals surface area contributed by atoms with Crippen LogP contribution in [0.2, 0.25) is 0 Å². The minimum atomic E-state index is -0.0884. The van der Waals surface area contributed by atoms with Crippen molar-refractivity contribution in [3.63, 3.8) is 0 Å². The molecule has 134 valence electrons. The van der Waals surface area contributed by atoms with Crippen LogP contribution in [-0.4, -0.2) is 29.2 Å². The maximum absolute atomic E-state index is 12.8. The summed E-state index contributed by atoms with van der Waals surface area (Å²) in [5.41, 5.74) is 3.40. The fraction of sp³-hybridized carbons (Fsp3) is 0.150. The van der Waals surface area contributed by atoms with E-state index in [4.69, 9.17) is 9.47 Å². The second-order valence-electron chi connectivity index (χ2n) is 6.32. The molecule has 0 fully saturated rings. The van der Waals surface area contributed by atoms with Crippen LogP contribution in [0.15, 0.2) is 54.9 Å². The Labute approximate surface area is 155 Å². The van der Waals surface area contributed by atoms with Crippen molar-refractivity contribution in [1.29, 1.82) is 0 Å². The van der Waals surface area contributed by atoms with Crippen molar-refractivity contribution in [1.82, 2.24) is 9.97 Å². The van der Waals surface area contributed by atoms with Crippen LogP contribution in [0, 0.1) is 0 Å². The summed E-state index contributed by atoms with van der Waals surface area (Å²) in [6, 6.07) is 13.5. The van der Waals surface area contributed by atoms with Crippen molar-refractivity contribution in [2.45, 2.75) is 6.42 Å². The third kappa shape index (κ3) is 2.83. The Hall–Kier alpha value is -3.61. The lowest BCUT2D eigenvalue weighted by molar-refractivity contribution is 0.0988. The number of nitrogens with zero attached hydrogens (tertiary/aromatic N) is 3. The van der Waals surface area contributed by atoms with Crippen LogP contribution in [0.25, 0.3) is 0 Å². The molecular weight excluding hydrogens is 344 g/mol. The zero-order valence-corrected chi connectivity index (χ0v) is 14.4. The fourth-order valence-electron chi connectivity index (χ4n) is 3.31. The molecule has 1 N–H and O–H groups in total. The number of carbonyl (C=O) groups is 1. The van der Waals surface area contributed by atoms with Crippen molar-refractivity contribution >= 4 is 23.2 Å². The van der Waals surface area contributed by atoms with Gasteiger partial charge in [-0.05, 0) is 30.2 Å². The predicted molar refractivity (Wildman–Crippen MR) is 99.7 cm³/mol. The van der Waals surface area contributed by atoms with Gasteiger partial charge in [0.1, 0.15) is 0 Å². The molecule has 2 aliphatic heterocycles. The summed E-state index contributed by atoms with van der Waals surface area (Å²) in [5.74, 6) is 1.72. The number of nitrogens with one attached hydrogen (secondary N) is 1. The van der Waals surface area contributed by atoms with Gasteiger partial charge in [-0.25, -0.2) is 9.97 Å². The minimum absolute atomic E-state index is 0.0884. The molecule has 1 aromatic heterocycles. The van der Waals surface area contributed by atoms with Crippen LogP contribution < -0.4 is 19.7 Å². The van der Waals surface area contributed by atoms with Gasteiger partial charge in [0, 0.05) is 36.4 Å². The maximum Gasteiger partial charge on any atom is 0.261 e. The van der Waals surface area contributed by atoms with Crippen molar-refractivity contribution in [2.24, 2.45) is 0 Å². The topological polar surface area (TPSA) is 76.6 Å². The molecule has 0 radical (unpaired) electrons. The average molecular weight is 360 g/mol. The molecule has 7 heteroatoms. The zero-order valence-electron chi connectivity index (χ0n) is 14.4. The highest BCUT2D eigenvalue weighted by atomic mass is 16.7. The molecule has 2 aliphatic rings. The molecule has 0 aliphatic carbocycles. The average Bonchev–Trinajstić information content (AvgIpc) is 3.34. The summed E-state index contributed by atoms with van der Waals surface area (Å²) >= 11 is 0. The smallest absolute Gasteiger partial charge is 0.261 e. The molecular formula is C20H16N4O3. The number of fused-ring (bicyclic) bond motifs is 2. The van der Waals surface area contributed by atoms with E-state index in [0.29, 0.717) is 29.6 Å². The van der Waals surface area contributed by atoms with Crippen LogP contribution in [0.5, 0.6) is 11.5 Å². The molecule has 0 atom stereocenters. The summed E-state index contributed by atoms with van der Waals surface area (Å²) in [6.45, 7) is 0.904. The van der Waals surface area contributed by atoms with E-state index >= 15 is 0 Å². The Morgan fingerprint density at radius 3 is 2.74 bits per heavy atom. The minimum Gasteiger partial charge on any atom is -0.454 e. The highest BCUT2D eigenvalue weighted by molar-refractivity contribution is 6.07. The standard InChI is InChI=1S/C20H16N4O3/c25-19(24-8-7-13-3-1-2-4-16(13)24)14-10-21-20(22-11-14)23-15-5-6-17-18(9-15)27-12-26-17/h1-6,9-11H,7-8,12H2,(H,21,22,23). The molecule has 1 amide bonds. The lowest BCUT2D eigenvalue weighted by Crippen LogP contribution is -2.29. The monoisotopic (exact) mass is 360 g/mol. The van der Waals surface area contributed by atoms with Crippen LogP contribution in [-0.2, 0) is 6.42 Å². The Balaban J connectivity index is 1.32. The van der Waals surface area contributed by atoms with Crippen molar-refractivity contribution < 1.29 is 14.3 Å². The summed E-state index contributed by atoms with van der Waals surface area (Å²) in [4.78, 5) is 23.1. The third-order valence-corrected chi connectivity index (χ3v) is 4.66. The summed E-state index contributed by atoms with van der Waals surface area (Å²) in [6.07, 6.45) is 3.96. The second-order valence-corrected chi connectivity index (χ2v) is 6.32. The SMILES string of the molecule is O=C(c1cnc(Nc2ccc3c(c2)OCO3)nc1)N1CCc2ccccc21. The molecule has 2 aromatic carbocycles. The van der Waals surface area contributed by atoms with E-state index in [9.17, 15) is 4.79 Å². The van der Waals surface area contributed by atoms with E-state index in [-0.39, 0.29) is 12.7 Å². The molecule has 0 saturated heterocycles. The first kappa shape index (κ1) is 15.6. The largest absolute Gasteiger partial charge is 0.454 e. The quantitative estimate of drug-likeness (QED) is 0.773. The van der Waals surface area contributed by atoms with E-state index in [1.165, 1.54) is 5.56 Å². The van der Waals surface area contributed by atoms with Gasteiger partial charge in [0.15, 0.2) is 11.5 Å². The van der Waals surface area contributed by atoms with Gasteiger partial charge in [-0.3, -0.25) is 4.79 Å². The Morgan fingerprint density at radius 2 is 1.85 bits per heavy atom. The molecule has 0 spiro atoms. The third-order valence-electron chi connectivity index (χ3n) is 4.66. The normalized spacial score (nSPS) is 14.1. The number of para-hydroxylation sites is 1. The van der Waals surface area contributed by atoms with Crippen LogP contribution in [0.3, 0.4) is 0 Å². The number of benzene rings is 2. The van der Waals surface area contributed by atoms with Crippen molar-refractivity contribution in [3.8, 4) is 11.5 Å². The number of carbonyl (C=O) groups excluding carboxylic acids is 1. The van der Waals surface area contributed by atoms with Crippen LogP contribution >= 0.6 is 0 Å². The van der Waals surface area contributed by atoms with Gasteiger partial charge >= 0.3 is 0 Å². The van der Waals surface area contributed by atoms with Gasteiger partial charge in [0.2, 0.25) is 12.7 Å². The fourth-order valence-corrected chi connectivity index (χ4v) is 3.31. The number of hydrogen-bond acceptors (Lipinski definition) is 6. The zero-order chi connectivity index (χ0) is 18.2. The van der Waals surface area contributed by atoms with Crippen LogP contribution in [0.4, 0.5) is 17.3 Å². The van der Waals surface area contributed by atoms with Crippen molar-refractivity contribution in [3.05, 3.63) is 66.0 Å². The summed E-state index contributed by atoms with van der Waals surface area (Å²) in [5, 5.41) is 3.10. The van der Waals surface area contributed by atoms with E-state index in [1.54, 1.807) is 17.3 Å². The van der Waals surface area contributed by atoms with Gasteiger partial charge in [-0.1, -0.05) is 18.2 Å². The first-order chi connectivity index (χ1) is 13.3. The molecule has 7 nitrogen and oxygen atoms in total. The maximum atomic E-state index is 12.8.